The van der Waals surface area contributed by atoms with Crippen LogP contribution >= 0.6 is 0 Å². The van der Waals surface area contributed by atoms with Crippen molar-refractivity contribution in [3.63, 3.8) is 0 Å². The van der Waals surface area contributed by atoms with E-state index in [0.29, 0.717) is 19.5 Å². The minimum absolute atomic E-state index is 0.195. The van der Waals surface area contributed by atoms with E-state index in [1.807, 2.05) is 61.5 Å². The van der Waals surface area contributed by atoms with Crippen molar-refractivity contribution >= 4 is 11.9 Å². The van der Waals surface area contributed by atoms with Gasteiger partial charge in [-0.2, -0.15) is 0 Å². The molecule has 0 heterocycles. The van der Waals surface area contributed by atoms with E-state index in [4.69, 9.17) is 4.74 Å². The fraction of sp³-hybridized carbons (Fsp3) is 0.269. The molecule has 59 heavy (non-hydrogen) atoms. The number of benzene rings is 6. The van der Waals surface area contributed by atoms with Gasteiger partial charge in [0.1, 0.15) is 11.8 Å². The van der Waals surface area contributed by atoms with E-state index in [-0.39, 0.29) is 12.3 Å². The Morgan fingerprint density at radius 2 is 1.15 bits per heavy atom. The number of nitrogens with one attached hydrogen (secondary N) is 3. The van der Waals surface area contributed by atoms with Crippen LogP contribution in [0, 0.1) is 12.8 Å². The molecule has 0 saturated carbocycles. The van der Waals surface area contributed by atoms with Crippen LogP contribution in [0.15, 0.2) is 164 Å². The summed E-state index contributed by atoms with van der Waals surface area (Å²) < 4.78 is 5.60. The van der Waals surface area contributed by atoms with Crippen LogP contribution in [0.3, 0.4) is 0 Å². The summed E-state index contributed by atoms with van der Waals surface area (Å²) in [7, 11) is 0. The molecule has 3 atom stereocenters. The third-order valence-corrected chi connectivity index (χ3v) is 10.5. The molecule has 0 fully saturated rings. The molecule has 1 amide bonds. The smallest absolute Gasteiger partial charge is 0.308 e. The minimum Gasteiger partial charge on any atom is -0.460 e. The van der Waals surface area contributed by atoms with Crippen LogP contribution < -0.4 is 16.0 Å². The Morgan fingerprint density at radius 1 is 0.627 bits per heavy atom. The van der Waals surface area contributed by atoms with Gasteiger partial charge in [0.25, 0.3) is 0 Å². The van der Waals surface area contributed by atoms with E-state index in [0.717, 1.165) is 44.5 Å². The van der Waals surface area contributed by atoms with Crippen LogP contribution in [0.4, 0.5) is 0 Å². The highest BCUT2D eigenvalue weighted by molar-refractivity contribution is 5.80. The molecular formula is C52H57N3O4. The lowest BCUT2D eigenvalue weighted by Crippen LogP contribution is -2.52. The van der Waals surface area contributed by atoms with Gasteiger partial charge in [0, 0.05) is 19.0 Å². The predicted molar refractivity (Wildman–Crippen MR) is 237 cm³/mol. The van der Waals surface area contributed by atoms with Crippen molar-refractivity contribution < 1.29 is 19.4 Å². The first kappa shape index (κ1) is 42.7. The van der Waals surface area contributed by atoms with Crippen LogP contribution in [-0.2, 0) is 39.4 Å². The van der Waals surface area contributed by atoms with Gasteiger partial charge in [-0.15, -0.1) is 0 Å². The van der Waals surface area contributed by atoms with Crippen molar-refractivity contribution in [3.8, 4) is 11.1 Å². The summed E-state index contributed by atoms with van der Waals surface area (Å²) >= 11 is 0. The Balaban J connectivity index is 1.15. The van der Waals surface area contributed by atoms with E-state index in [2.05, 4.69) is 132 Å². The lowest BCUT2D eigenvalue weighted by atomic mass is 9.76. The molecule has 304 valence electrons. The molecule has 7 heteroatoms. The fourth-order valence-corrected chi connectivity index (χ4v) is 7.47. The first-order valence-corrected chi connectivity index (χ1v) is 20.5. The van der Waals surface area contributed by atoms with Crippen LogP contribution in [0.5, 0.6) is 0 Å². The van der Waals surface area contributed by atoms with Crippen molar-refractivity contribution in [1.82, 2.24) is 16.0 Å². The third kappa shape index (κ3) is 11.6. The Labute approximate surface area is 349 Å². The van der Waals surface area contributed by atoms with Gasteiger partial charge in [0.05, 0.1) is 18.0 Å². The van der Waals surface area contributed by atoms with Crippen molar-refractivity contribution in [3.05, 3.63) is 203 Å². The normalized spacial score (nSPS) is 13.3. The van der Waals surface area contributed by atoms with Crippen molar-refractivity contribution in [2.45, 2.75) is 84.0 Å². The number of aliphatic hydroxyl groups is 1. The molecule has 0 aliphatic heterocycles. The van der Waals surface area contributed by atoms with Crippen LogP contribution in [0.1, 0.15) is 73.1 Å². The number of carbonyl (C=O) groups excluding carboxylic acids is 2. The Kier molecular flexibility index (Phi) is 14.3. The molecule has 0 unspecified atom stereocenters. The SMILES string of the molecule is Cc1ccc(C(NCc2cccc(CN[C@H](O)[C@H](CC(=O)OC(C)(C)C)NC(=O)[C@@H](C)Cc3ccc(-c4ccccc4)cc3)c2)(c2ccccc2)c2ccccc2)cc1. The summed E-state index contributed by atoms with van der Waals surface area (Å²) in [6, 6.07) is 55.4. The van der Waals surface area contributed by atoms with E-state index in [9.17, 15) is 14.7 Å². The second-order valence-electron chi connectivity index (χ2n) is 16.4. The zero-order valence-corrected chi connectivity index (χ0v) is 34.8. The number of esters is 1. The first-order chi connectivity index (χ1) is 28.4. The molecule has 0 bridgehead atoms. The maximum absolute atomic E-state index is 13.6. The van der Waals surface area contributed by atoms with Crippen LogP contribution in [-0.4, -0.2) is 34.9 Å². The average molecular weight is 788 g/mol. The molecular weight excluding hydrogens is 731 g/mol. The van der Waals surface area contributed by atoms with E-state index in [1.54, 1.807) is 20.8 Å². The molecule has 0 radical (unpaired) electrons. The van der Waals surface area contributed by atoms with Gasteiger partial charge in [0.15, 0.2) is 0 Å². The standard InChI is InChI=1S/C52H57N3O4/c1-37-24-30-46(31-25-37)52(44-20-11-7-12-21-44,45-22-13-8-14-23-45)54-36-41-17-15-16-40(33-41)35-53-50(58)47(34-48(56)59-51(3,4)5)55-49(57)38(2)32-39-26-28-43(29-27-39)42-18-9-6-10-19-42/h6-31,33,38,47,50,53-54,58H,32,34-36H2,1-5H3,(H,55,57)/t38-,47-,50+/m0/s1. The van der Waals surface area contributed by atoms with Gasteiger partial charge >= 0.3 is 5.97 Å². The third-order valence-electron chi connectivity index (χ3n) is 10.5. The summed E-state index contributed by atoms with van der Waals surface area (Å²) in [4.78, 5) is 26.6. The Morgan fingerprint density at radius 3 is 1.73 bits per heavy atom. The molecule has 0 spiro atoms. The van der Waals surface area contributed by atoms with Gasteiger partial charge in [0.2, 0.25) is 5.91 Å². The molecule has 6 aromatic carbocycles. The van der Waals surface area contributed by atoms with Crippen LogP contribution in [0.25, 0.3) is 11.1 Å². The first-order valence-electron chi connectivity index (χ1n) is 20.5. The summed E-state index contributed by atoms with van der Waals surface area (Å²) in [6.07, 6.45) is -0.917. The summed E-state index contributed by atoms with van der Waals surface area (Å²) in [5.74, 6) is -1.17. The van der Waals surface area contributed by atoms with Crippen molar-refractivity contribution in [2.75, 3.05) is 0 Å². The summed E-state index contributed by atoms with van der Waals surface area (Å²) in [5, 5.41) is 21.6. The van der Waals surface area contributed by atoms with Gasteiger partial charge in [-0.05, 0) is 78.6 Å². The van der Waals surface area contributed by atoms with E-state index < -0.39 is 35.3 Å². The zero-order valence-electron chi connectivity index (χ0n) is 34.8. The van der Waals surface area contributed by atoms with Crippen molar-refractivity contribution in [1.29, 1.82) is 0 Å². The molecule has 0 aliphatic carbocycles. The monoisotopic (exact) mass is 787 g/mol. The molecule has 0 saturated heterocycles. The highest BCUT2D eigenvalue weighted by atomic mass is 16.6. The number of aryl methyl sites for hydroxylation is 1. The highest BCUT2D eigenvalue weighted by Gasteiger charge is 2.36. The quantitative estimate of drug-likeness (QED) is 0.0418. The maximum atomic E-state index is 13.6. The lowest BCUT2D eigenvalue weighted by molar-refractivity contribution is -0.156. The minimum atomic E-state index is -1.23. The molecule has 7 nitrogen and oxygen atoms in total. The van der Waals surface area contributed by atoms with E-state index in [1.165, 1.54) is 5.56 Å². The Hall–Kier alpha value is -5.86. The summed E-state index contributed by atoms with van der Waals surface area (Å²) in [5.41, 5.74) is 8.51. The highest BCUT2D eigenvalue weighted by Crippen LogP contribution is 2.37. The number of aliphatic hydroxyl groups excluding tert-OH is 1. The maximum Gasteiger partial charge on any atom is 0.308 e. The molecule has 6 aromatic rings. The van der Waals surface area contributed by atoms with Gasteiger partial charge in [-0.25, -0.2) is 0 Å². The number of hydrogen-bond donors (Lipinski definition) is 4. The molecule has 4 N–H and O–H groups in total. The number of rotatable bonds is 17. The molecule has 0 aliphatic rings. The number of hydrogen-bond acceptors (Lipinski definition) is 6. The second-order valence-corrected chi connectivity index (χ2v) is 16.4. The topological polar surface area (TPSA) is 99.7 Å². The largest absolute Gasteiger partial charge is 0.460 e. The summed E-state index contributed by atoms with van der Waals surface area (Å²) in [6.45, 7) is 10.2. The number of ether oxygens (including phenoxy) is 1. The number of amides is 1. The zero-order chi connectivity index (χ0) is 41.8. The molecule has 6 rings (SSSR count). The van der Waals surface area contributed by atoms with Gasteiger partial charge in [-0.3, -0.25) is 20.2 Å². The lowest BCUT2D eigenvalue weighted by Gasteiger charge is -2.37. The van der Waals surface area contributed by atoms with E-state index >= 15 is 0 Å². The van der Waals surface area contributed by atoms with Crippen LogP contribution in [0.2, 0.25) is 0 Å². The second kappa shape index (κ2) is 19.7. The van der Waals surface area contributed by atoms with Gasteiger partial charge < -0.3 is 15.2 Å². The Bertz CT molecular complexity index is 2200. The van der Waals surface area contributed by atoms with Gasteiger partial charge in [-0.1, -0.05) is 176 Å². The average Bonchev–Trinajstić information content (AvgIpc) is 3.24. The molecule has 0 aromatic heterocycles. The predicted octanol–water partition coefficient (Wildman–Crippen LogP) is 9.25. The fourth-order valence-electron chi connectivity index (χ4n) is 7.47. The number of carbonyl (C=O) groups is 2. The van der Waals surface area contributed by atoms with Crippen molar-refractivity contribution in [2.24, 2.45) is 5.92 Å².